The van der Waals surface area contributed by atoms with Crippen molar-refractivity contribution < 1.29 is 28.7 Å². The fourth-order valence-corrected chi connectivity index (χ4v) is 8.38. The van der Waals surface area contributed by atoms with Gasteiger partial charge in [-0.2, -0.15) is 0 Å². The van der Waals surface area contributed by atoms with Crippen LogP contribution in [0.25, 0.3) is 33.6 Å². The molecule has 2 aliphatic rings. The number of alkyl carbamates (subject to hydrolysis) is 1. The van der Waals surface area contributed by atoms with Crippen molar-refractivity contribution in [2.75, 3.05) is 33.9 Å². The Balaban J connectivity index is 1.03. The van der Waals surface area contributed by atoms with Crippen LogP contribution in [0, 0.1) is 23.7 Å². The van der Waals surface area contributed by atoms with E-state index in [9.17, 15) is 19.2 Å². The average molecular weight is 857 g/mol. The molecule has 2 aromatic heterocycles. The zero-order chi connectivity index (χ0) is 44.8. The van der Waals surface area contributed by atoms with Crippen molar-refractivity contribution in [3.8, 4) is 33.6 Å². The van der Waals surface area contributed by atoms with Crippen LogP contribution in [0.15, 0.2) is 91.3 Å². The van der Waals surface area contributed by atoms with Crippen LogP contribution in [0.1, 0.15) is 89.2 Å². The summed E-state index contributed by atoms with van der Waals surface area (Å²) in [6, 6.07) is 23.7. The maximum absolute atomic E-state index is 14.4. The molecule has 3 aromatic carbocycles. The maximum Gasteiger partial charge on any atom is 0.407 e. The fourth-order valence-electron chi connectivity index (χ4n) is 8.38. The van der Waals surface area contributed by atoms with Crippen molar-refractivity contribution >= 4 is 23.8 Å². The molecule has 1 aliphatic heterocycles. The number of rotatable bonds is 17. The highest BCUT2D eigenvalue weighted by Gasteiger charge is 2.42. The largest absolute Gasteiger partial charge is 0.453 e. The number of carbonyl (C=O) groups excluding carboxylic acids is 4. The Labute approximate surface area is 369 Å². The van der Waals surface area contributed by atoms with Gasteiger partial charge in [0.2, 0.25) is 17.7 Å². The van der Waals surface area contributed by atoms with E-state index in [2.05, 4.69) is 70.8 Å². The van der Waals surface area contributed by atoms with E-state index in [0.29, 0.717) is 37.8 Å². The Bertz CT molecular complexity index is 2340. The first-order valence-corrected chi connectivity index (χ1v) is 22.0. The van der Waals surface area contributed by atoms with Crippen LogP contribution in [0.4, 0.5) is 4.79 Å². The Hall–Kier alpha value is -6.28. The number of H-pyrrole nitrogens is 2. The summed E-state index contributed by atoms with van der Waals surface area (Å²) in [5, 5.41) is 5.77. The van der Waals surface area contributed by atoms with Gasteiger partial charge in [-0.05, 0) is 65.8 Å². The fraction of sp³-hybridized carbons (Fsp3) is 0.429. The summed E-state index contributed by atoms with van der Waals surface area (Å²) in [6.07, 6.45) is 5.34. The summed E-state index contributed by atoms with van der Waals surface area (Å²) in [5.41, 5.74) is 6.43. The molecule has 14 nitrogen and oxygen atoms in total. The molecule has 1 aliphatic carbocycles. The molecule has 0 unspecified atom stereocenters. The molecule has 5 atom stereocenters. The first kappa shape index (κ1) is 44.8. The molecule has 7 rings (SSSR count). The van der Waals surface area contributed by atoms with Crippen molar-refractivity contribution in [1.29, 1.82) is 0 Å². The van der Waals surface area contributed by atoms with Crippen molar-refractivity contribution in [3.05, 3.63) is 108 Å². The van der Waals surface area contributed by atoms with E-state index in [1.54, 1.807) is 24.4 Å². The third kappa shape index (κ3) is 10.5. The number of methoxy groups -OCH3 is 2. The first-order valence-electron chi connectivity index (χ1n) is 22.0. The molecule has 1 saturated carbocycles. The van der Waals surface area contributed by atoms with Gasteiger partial charge in [-0.15, -0.1) is 0 Å². The molecule has 63 heavy (non-hydrogen) atoms. The third-order valence-electron chi connectivity index (χ3n) is 12.0. The number of imidazole rings is 2. The first-order chi connectivity index (χ1) is 30.3. The van der Waals surface area contributed by atoms with Crippen molar-refractivity contribution in [1.82, 2.24) is 40.4 Å². The number of hydrogen-bond acceptors (Lipinski definition) is 8. The molecule has 3 heterocycles. The lowest BCUT2D eigenvalue weighted by Gasteiger charge is -2.33. The predicted octanol–water partition coefficient (Wildman–Crippen LogP) is 7.86. The van der Waals surface area contributed by atoms with Crippen molar-refractivity contribution in [2.45, 2.75) is 78.0 Å². The van der Waals surface area contributed by atoms with Crippen LogP contribution in [0.3, 0.4) is 0 Å². The predicted molar refractivity (Wildman–Crippen MR) is 241 cm³/mol. The summed E-state index contributed by atoms with van der Waals surface area (Å²) in [6.45, 7) is 11.4. The lowest BCUT2D eigenvalue weighted by atomic mass is 10.0. The average Bonchev–Trinajstić information content (AvgIpc) is 3.61. The topological polar surface area (TPSA) is 175 Å². The third-order valence-corrected chi connectivity index (χ3v) is 12.0. The monoisotopic (exact) mass is 856 g/mol. The van der Waals surface area contributed by atoms with Crippen molar-refractivity contribution in [2.24, 2.45) is 23.7 Å². The van der Waals surface area contributed by atoms with Crippen LogP contribution in [0.5, 0.6) is 0 Å². The van der Waals surface area contributed by atoms with E-state index in [1.165, 1.54) is 7.11 Å². The van der Waals surface area contributed by atoms with E-state index < -0.39 is 18.2 Å². The van der Waals surface area contributed by atoms with E-state index in [4.69, 9.17) is 19.4 Å². The highest BCUT2D eigenvalue weighted by atomic mass is 16.5. The molecular weight excluding hydrogens is 797 g/mol. The van der Waals surface area contributed by atoms with Gasteiger partial charge in [0.25, 0.3) is 0 Å². The number of ether oxygens (including phenoxy) is 2. The molecule has 332 valence electrons. The van der Waals surface area contributed by atoms with E-state index >= 15 is 0 Å². The number of aromatic nitrogens is 4. The number of hydrogen-bond donors (Lipinski definition) is 4. The normalized spacial score (nSPS) is 17.6. The second-order valence-electron chi connectivity index (χ2n) is 17.6. The smallest absolute Gasteiger partial charge is 0.407 e. The number of benzene rings is 3. The quantitative estimate of drug-likeness (QED) is 0.0731. The number of amides is 4. The maximum atomic E-state index is 14.4. The van der Waals surface area contributed by atoms with Gasteiger partial charge in [0, 0.05) is 32.0 Å². The Morgan fingerprint density at radius 1 is 0.794 bits per heavy atom. The minimum Gasteiger partial charge on any atom is -0.453 e. The van der Waals surface area contributed by atoms with Crippen LogP contribution in [-0.4, -0.2) is 93.5 Å². The molecule has 0 bridgehead atoms. The Morgan fingerprint density at radius 3 is 1.97 bits per heavy atom. The van der Waals surface area contributed by atoms with Gasteiger partial charge in [-0.1, -0.05) is 107 Å². The summed E-state index contributed by atoms with van der Waals surface area (Å²) < 4.78 is 10.3. The van der Waals surface area contributed by atoms with Crippen LogP contribution in [0.2, 0.25) is 0 Å². The van der Waals surface area contributed by atoms with Gasteiger partial charge in [-0.25, -0.2) is 14.8 Å². The molecule has 5 aromatic rings. The second kappa shape index (κ2) is 19.8. The van der Waals surface area contributed by atoms with Gasteiger partial charge >= 0.3 is 6.09 Å². The second-order valence-corrected chi connectivity index (χ2v) is 17.6. The van der Waals surface area contributed by atoms with Gasteiger partial charge < -0.3 is 39.9 Å². The Kier molecular flexibility index (Phi) is 14.1. The van der Waals surface area contributed by atoms with E-state index in [1.807, 2.05) is 68.1 Å². The highest BCUT2D eigenvalue weighted by Crippen LogP contribution is 2.37. The lowest BCUT2D eigenvalue weighted by Crippen LogP contribution is -2.51. The molecule has 0 spiro atoms. The van der Waals surface area contributed by atoms with Gasteiger partial charge in [0.05, 0.1) is 49.6 Å². The van der Waals surface area contributed by atoms with E-state index in [-0.39, 0.29) is 53.5 Å². The van der Waals surface area contributed by atoms with Crippen LogP contribution < -0.4 is 10.6 Å². The minimum absolute atomic E-state index is 0.0250. The Morgan fingerprint density at radius 2 is 1.40 bits per heavy atom. The SMILES string of the molecule is COC[C@H]1C[C@@H](c2ncc(-c3ccc(-c4ccc(-c5cnc([C@H](C)N(CC(C)C)C(=O)[C@H](NC(=O)C6CC6)c6ccccc6)[nH]5)cc4)cc3)[nH]2)N(C(=O)[C@@H](NC(=O)OC)C(C)C)C1. The summed E-state index contributed by atoms with van der Waals surface area (Å²) >= 11 is 0. The summed E-state index contributed by atoms with van der Waals surface area (Å²) in [4.78, 5) is 73.4. The van der Waals surface area contributed by atoms with Gasteiger partial charge in [0.15, 0.2) is 0 Å². The summed E-state index contributed by atoms with van der Waals surface area (Å²) in [7, 11) is 2.94. The molecule has 2 fully saturated rings. The van der Waals surface area contributed by atoms with Gasteiger partial charge in [0.1, 0.15) is 23.7 Å². The lowest BCUT2D eigenvalue weighted by molar-refractivity contribution is -0.139. The number of aromatic amines is 2. The minimum atomic E-state index is -0.787. The number of nitrogens with zero attached hydrogens (tertiary/aromatic N) is 4. The zero-order valence-electron chi connectivity index (χ0n) is 37.3. The van der Waals surface area contributed by atoms with Crippen molar-refractivity contribution in [3.63, 3.8) is 0 Å². The molecule has 1 saturated heterocycles. The molecule has 0 radical (unpaired) electrons. The molecule has 4 N–H and O–H groups in total. The number of nitrogens with one attached hydrogen (secondary N) is 4. The number of carbonyl (C=O) groups is 4. The molecule has 14 heteroatoms. The van der Waals surface area contributed by atoms with Gasteiger partial charge in [-0.3, -0.25) is 14.4 Å². The van der Waals surface area contributed by atoms with Crippen LogP contribution >= 0.6 is 0 Å². The number of likely N-dealkylation sites (tertiary alicyclic amines) is 1. The summed E-state index contributed by atoms with van der Waals surface area (Å²) in [5.74, 6) is 1.07. The standard InChI is InChI=1S/C49H60N8O6/c1-29(2)26-56(48(60)43(37-11-9-8-10-12-37)54-46(58)38-21-22-38)31(5)44-50-24-39(52-44)35-17-13-33(14-18-35)34-15-19-36(20-16-34)40-25-51-45(53-40)41-23-32(28-62-6)27-57(41)47(59)42(30(3)4)55-49(61)63-7/h8-20,24-25,29-32,38,41-43H,21-23,26-28H2,1-7H3,(H,50,52)(H,51,53)(H,54,58)(H,55,61)/t31-,32-,41-,42-,43+/m0/s1. The molecular formula is C49H60N8O6. The van der Waals surface area contributed by atoms with E-state index in [0.717, 1.165) is 52.0 Å². The molecule has 4 amide bonds. The highest BCUT2D eigenvalue weighted by molar-refractivity contribution is 5.90. The zero-order valence-corrected chi connectivity index (χ0v) is 37.3. The van der Waals surface area contributed by atoms with Crippen LogP contribution in [-0.2, 0) is 23.9 Å².